The van der Waals surface area contributed by atoms with Crippen LogP contribution in [0.5, 0.6) is 0 Å². The molecule has 1 aliphatic rings. The molecule has 2 nitrogen and oxygen atoms in total. The van der Waals surface area contributed by atoms with Crippen LogP contribution in [-0.2, 0) is 251 Å². The van der Waals surface area contributed by atoms with E-state index >= 15 is 0 Å². The van der Waals surface area contributed by atoms with E-state index in [0.717, 1.165) is 54.4 Å². The number of aliphatic imine (C=N–C) groups is 1. The number of nitrogens with zero attached hydrogens (tertiary/aromatic N) is 2. The molecule has 214 valence electrons. The molecule has 0 saturated carbocycles. The van der Waals surface area contributed by atoms with Crippen molar-refractivity contribution in [1.29, 1.82) is 0 Å². The Labute approximate surface area is 440 Å². The van der Waals surface area contributed by atoms with Crippen LogP contribution in [0.4, 0.5) is 5.69 Å². The number of aryl methyl sites for hydroxylation is 1. The van der Waals surface area contributed by atoms with E-state index in [1.165, 1.54) is 22.1 Å². The van der Waals surface area contributed by atoms with Gasteiger partial charge in [0.1, 0.15) is 0 Å². The van der Waals surface area contributed by atoms with Crippen LogP contribution in [0.1, 0.15) is 55.4 Å². The zero-order valence-electron chi connectivity index (χ0n) is 26.3. The molecular formula is C32H42N2W2Y6-4. The second kappa shape index (κ2) is 46.3. The number of hydrogen-bond acceptors (Lipinski definition) is 2. The first-order valence-corrected chi connectivity index (χ1v) is 11.1. The van der Waals surface area contributed by atoms with Crippen molar-refractivity contribution in [2.24, 2.45) is 4.99 Å². The average Bonchev–Trinajstić information content (AvgIpc) is 2.80. The molecule has 2 aromatic carbocycles. The summed E-state index contributed by atoms with van der Waals surface area (Å²) in [7, 11) is 0. The Hall–Kier alpha value is 5.26. The van der Waals surface area contributed by atoms with E-state index in [0.29, 0.717) is 0 Å². The van der Waals surface area contributed by atoms with Crippen LogP contribution in [0.25, 0.3) is 16.5 Å². The third-order valence-corrected chi connectivity index (χ3v) is 4.52. The molecule has 0 atom stereocenters. The summed E-state index contributed by atoms with van der Waals surface area (Å²) >= 11 is 0. The molecule has 0 unspecified atom stereocenters. The largest absolute Gasteiger partial charge is 2.00 e. The van der Waals surface area contributed by atoms with E-state index in [1.807, 2.05) is 26.0 Å². The Bertz CT molecular complexity index is 1030. The molecule has 10 heteroatoms. The molecule has 0 spiro atoms. The Morgan fingerprint density at radius 3 is 1.71 bits per heavy atom. The van der Waals surface area contributed by atoms with Gasteiger partial charge in [-0.3, -0.25) is 0 Å². The Balaban J connectivity index is -0.0000000427. The van der Waals surface area contributed by atoms with Crippen LogP contribution in [0.3, 0.4) is 0 Å². The van der Waals surface area contributed by atoms with Crippen LogP contribution in [0.2, 0.25) is 0 Å². The van der Waals surface area contributed by atoms with Gasteiger partial charge >= 0.3 is 42.1 Å². The smallest absolute Gasteiger partial charge is 0.455 e. The van der Waals surface area contributed by atoms with Gasteiger partial charge in [0.2, 0.25) is 0 Å². The van der Waals surface area contributed by atoms with E-state index in [4.69, 9.17) is 0 Å². The number of rotatable bonds is 2. The molecule has 0 saturated heterocycles. The minimum absolute atomic E-state index is 0. The van der Waals surface area contributed by atoms with Crippen molar-refractivity contribution in [3.05, 3.63) is 120 Å². The summed E-state index contributed by atoms with van der Waals surface area (Å²) < 4.78 is 0. The molecule has 0 amide bonds. The molecule has 0 N–H and O–H groups in total. The summed E-state index contributed by atoms with van der Waals surface area (Å²) in [6.07, 6.45) is 10.2. The number of fused-ring (bicyclic) bond motifs is 2. The summed E-state index contributed by atoms with van der Waals surface area (Å²) in [6, 6.07) is 14.3. The molecule has 4 rings (SSSR count). The molecule has 1 aromatic heterocycles. The van der Waals surface area contributed by atoms with Gasteiger partial charge in [0.05, 0.1) is 0 Å². The van der Waals surface area contributed by atoms with E-state index < -0.39 is 0 Å². The van der Waals surface area contributed by atoms with Gasteiger partial charge < -0.3 is 52.5 Å². The van der Waals surface area contributed by atoms with E-state index in [1.54, 1.807) is 0 Å². The minimum atomic E-state index is 0. The van der Waals surface area contributed by atoms with Crippen LogP contribution < -0.4 is 0 Å². The van der Waals surface area contributed by atoms with Crippen molar-refractivity contribution in [1.82, 2.24) is 4.98 Å². The second-order valence-electron chi connectivity index (χ2n) is 7.25. The quantitative estimate of drug-likeness (QED) is 0.236. The molecule has 6 radical (unpaired) electrons. The molecule has 42 heavy (non-hydrogen) atoms. The van der Waals surface area contributed by atoms with E-state index in [2.05, 4.69) is 93.9 Å². The van der Waals surface area contributed by atoms with Crippen LogP contribution >= 0.6 is 0 Å². The first-order chi connectivity index (χ1) is 15.5. The van der Waals surface area contributed by atoms with Crippen molar-refractivity contribution < 1.29 is 238 Å². The topological polar surface area (TPSA) is 25.2 Å². The van der Waals surface area contributed by atoms with Crippen molar-refractivity contribution in [2.45, 2.75) is 52.9 Å². The zero-order valence-corrected chi connectivity index (χ0v) is 49.2. The number of benzene rings is 2. The summed E-state index contributed by atoms with van der Waals surface area (Å²) in [5.74, 6) is 0. The fourth-order valence-electron chi connectivity index (χ4n) is 3.03. The van der Waals surface area contributed by atoms with Crippen molar-refractivity contribution in [2.75, 3.05) is 0 Å². The molecule has 3 aromatic rings. The van der Waals surface area contributed by atoms with Gasteiger partial charge in [-0.15, -0.1) is 22.1 Å². The van der Waals surface area contributed by atoms with Gasteiger partial charge in [-0.05, 0) is 5.52 Å². The number of allylic oxidation sites excluding steroid dienone is 1. The zero-order chi connectivity index (χ0) is 23.9. The van der Waals surface area contributed by atoms with Crippen LogP contribution in [0, 0.1) is 55.7 Å². The number of hydrogen-bond donors (Lipinski definition) is 0. The number of pyridine rings is 1. The first-order valence-electron chi connectivity index (χ1n) is 11.1. The van der Waals surface area contributed by atoms with Gasteiger partial charge in [-0.25, -0.2) is 0 Å². The summed E-state index contributed by atoms with van der Waals surface area (Å²) in [4.78, 5) is 8.51. The van der Waals surface area contributed by atoms with Gasteiger partial charge in [-0.2, -0.15) is 38.0 Å². The molecule has 0 aliphatic carbocycles. The van der Waals surface area contributed by atoms with Crippen molar-refractivity contribution >= 4 is 28.4 Å². The average molecular weight is 1360 g/mol. The predicted octanol–water partition coefficient (Wildman–Crippen LogP) is 9.12. The first kappa shape index (κ1) is 72.8. The maximum absolute atomic E-state index is 4.26. The third-order valence-electron chi connectivity index (χ3n) is 4.52. The maximum Gasteiger partial charge on any atom is 2.00 e. The molecule has 0 bridgehead atoms. The van der Waals surface area contributed by atoms with Gasteiger partial charge in [0, 0.05) is 196 Å². The number of para-hydroxylation sites is 2. The molecular weight excluding hydrogens is 1310 g/mol. The third kappa shape index (κ3) is 27.0. The Morgan fingerprint density at radius 2 is 1.24 bits per heavy atom. The van der Waals surface area contributed by atoms with Gasteiger partial charge in [0.15, 0.2) is 0 Å². The van der Waals surface area contributed by atoms with E-state index in [-0.39, 0.29) is 253 Å². The molecule has 1 aliphatic heterocycles. The normalized spacial score (nSPS) is 8.60. The van der Waals surface area contributed by atoms with E-state index in [9.17, 15) is 0 Å². The summed E-state index contributed by atoms with van der Waals surface area (Å²) in [5, 5.41) is 1.21. The van der Waals surface area contributed by atoms with Gasteiger partial charge in [-0.1, -0.05) is 93.2 Å². The predicted molar refractivity (Wildman–Crippen MR) is 155 cm³/mol. The van der Waals surface area contributed by atoms with Crippen molar-refractivity contribution in [3.8, 4) is 0 Å². The van der Waals surface area contributed by atoms with Crippen LogP contribution in [0.15, 0.2) is 54.0 Å². The standard InChI is InChI=1S/2C12H11N.2C3H7.2CH3.2W.6Y/c2*1-3-10-5-4-6-11-9(2)7-8-13-12(10)11;2*1-3-2;;;;;;;;;;/h4-7H,1,3H2,2H3;4-6H,1-3,7H2;2*1,3H2,2H3;2*1H3;;;;;;;;/q2*-2;4*-1;2*+2;;;;;;. The van der Waals surface area contributed by atoms with Gasteiger partial charge in [0.25, 0.3) is 0 Å². The van der Waals surface area contributed by atoms with Crippen molar-refractivity contribution in [3.63, 3.8) is 0 Å². The Kier molecular flexibility index (Phi) is 80.2. The number of aromatic nitrogens is 1. The second-order valence-corrected chi connectivity index (χ2v) is 7.25. The fourth-order valence-corrected chi connectivity index (χ4v) is 3.03. The SMILES string of the molecule is C=C1C[C-]=Nc2c(C[CH2-])cccc21.[CH2-]CC.[CH2-]CC.[CH2-]Cc1cccc2c(C)c[c-]nc12.[CH3-].[CH3-].[W+2].[W+2].[Y].[Y].[Y].[Y].[Y].[Y]. The molecule has 0 fully saturated rings. The van der Waals surface area contributed by atoms with Crippen LogP contribution in [-0.4, -0.2) is 11.2 Å². The monoisotopic (exact) mass is 1360 g/mol. The molecule has 2 heterocycles. The minimum Gasteiger partial charge on any atom is -0.455 e. The Morgan fingerprint density at radius 1 is 0.786 bits per heavy atom. The summed E-state index contributed by atoms with van der Waals surface area (Å²) in [5.41, 5.74) is 7.88. The fraction of sp³-hybridized carbons (Fsp3) is 0.250. The summed E-state index contributed by atoms with van der Waals surface area (Å²) in [6.45, 7) is 24.8. The maximum atomic E-state index is 4.26.